The lowest BCUT2D eigenvalue weighted by Crippen LogP contribution is -2.06. The van der Waals surface area contributed by atoms with Crippen LogP contribution in [0.3, 0.4) is 0 Å². The summed E-state index contributed by atoms with van der Waals surface area (Å²) in [4.78, 5) is 0. The lowest BCUT2D eigenvalue weighted by molar-refractivity contribution is 0.882. The predicted molar refractivity (Wildman–Crippen MR) is 72.3 cm³/mol. The Balaban J connectivity index is 2.14. The Labute approximate surface area is 101 Å². The van der Waals surface area contributed by atoms with Crippen LogP contribution in [0.15, 0.2) is 35.0 Å². The Morgan fingerprint density at radius 3 is 2.62 bits per heavy atom. The van der Waals surface area contributed by atoms with Crippen LogP contribution in [0.5, 0.6) is 0 Å². The second-order valence-electron chi connectivity index (χ2n) is 4.25. The molecule has 2 rings (SSSR count). The molecule has 1 unspecified atom stereocenters. The highest BCUT2D eigenvalue weighted by Crippen LogP contribution is 2.25. The van der Waals surface area contributed by atoms with E-state index in [0.717, 1.165) is 0 Å². The van der Waals surface area contributed by atoms with Crippen LogP contribution in [0.1, 0.15) is 29.7 Å². The smallest absolute Gasteiger partial charge is 0.0486 e. The molecule has 0 saturated carbocycles. The van der Waals surface area contributed by atoms with Gasteiger partial charge in [0.2, 0.25) is 0 Å². The maximum Gasteiger partial charge on any atom is 0.0486 e. The number of rotatable bonds is 3. The van der Waals surface area contributed by atoms with Gasteiger partial charge in [0.1, 0.15) is 0 Å². The van der Waals surface area contributed by atoms with Gasteiger partial charge in [-0.15, -0.1) is 11.3 Å². The van der Waals surface area contributed by atoms with Crippen molar-refractivity contribution in [3.05, 3.63) is 51.7 Å². The van der Waals surface area contributed by atoms with Crippen LogP contribution >= 0.6 is 11.3 Å². The van der Waals surface area contributed by atoms with Gasteiger partial charge in [0.25, 0.3) is 0 Å². The number of aryl methyl sites for hydroxylation is 2. The van der Waals surface area contributed by atoms with Gasteiger partial charge in [0, 0.05) is 17.1 Å². The summed E-state index contributed by atoms with van der Waals surface area (Å²) in [7, 11) is 0. The minimum Gasteiger partial charge on any atom is -0.378 e. The monoisotopic (exact) mass is 231 g/mol. The van der Waals surface area contributed by atoms with Gasteiger partial charge >= 0.3 is 0 Å². The molecule has 84 valence electrons. The predicted octanol–water partition coefficient (Wildman–Crippen LogP) is 4.54. The van der Waals surface area contributed by atoms with Crippen molar-refractivity contribution in [1.29, 1.82) is 0 Å². The summed E-state index contributed by atoms with van der Waals surface area (Å²) in [5.74, 6) is 0. The molecular weight excluding hydrogens is 214 g/mol. The summed E-state index contributed by atoms with van der Waals surface area (Å²) in [5.41, 5.74) is 5.22. The van der Waals surface area contributed by atoms with Crippen molar-refractivity contribution in [2.24, 2.45) is 0 Å². The molecule has 0 aliphatic rings. The van der Waals surface area contributed by atoms with Crippen LogP contribution in [-0.4, -0.2) is 0 Å². The number of nitrogens with one attached hydrogen (secondary N) is 1. The number of hydrogen-bond donors (Lipinski definition) is 1. The summed E-state index contributed by atoms with van der Waals surface area (Å²) in [6.07, 6.45) is 0. The fourth-order valence-corrected chi connectivity index (χ4v) is 2.55. The molecule has 2 heteroatoms. The fraction of sp³-hybridized carbons (Fsp3) is 0.286. The van der Waals surface area contributed by atoms with Crippen molar-refractivity contribution in [3.63, 3.8) is 0 Å². The first-order chi connectivity index (χ1) is 7.66. The summed E-state index contributed by atoms with van der Waals surface area (Å²) in [5, 5.41) is 7.88. The van der Waals surface area contributed by atoms with Gasteiger partial charge in [-0.05, 0) is 37.3 Å². The average molecular weight is 231 g/mol. The van der Waals surface area contributed by atoms with Gasteiger partial charge in [-0.2, -0.15) is 0 Å². The Morgan fingerprint density at radius 2 is 2.00 bits per heavy atom. The van der Waals surface area contributed by atoms with Gasteiger partial charge in [0.05, 0.1) is 0 Å². The Hall–Kier alpha value is -1.28. The van der Waals surface area contributed by atoms with E-state index in [9.17, 15) is 0 Å². The van der Waals surface area contributed by atoms with Crippen molar-refractivity contribution < 1.29 is 0 Å². The third-order valence-electron chi connectivity index (χ3n) is 2.77. The molecule has 1 nitrogen and oxygen atoms in total. The molecule has 2 aromatic rings. The molecule has 1 atom stereocenters. The third-order valence-corrected chi connectivity index (χ3v) is 3.63. The van der Waals surface area contributed by atoms with Crippen LogP contribution in [0.4, 0.5) is 5.69 Å². The lowest BCUT2D eigenvalue weighted by atomic mass is 10.1. The molecule has 0 aliphatic carbocycles. The van der Waals surface area contributed by atoms with Crippen molar-refractivity contribution in [3.8, 4) is 0 Å². The van der Waals surface area contributed by atoms with Gasteiger partial charge < -0.3 is 5.32 Å². The standard InChI is InChI=1S/C14H17NS/c1-10-5-4-6-13(7-10)12(3)15-14-9-16-8-11(14)2/h4-9,12,15H,1-3H3. The fourth-order valence-electron chi connectivity index (χ4n) is 1.76. The molecule has 1 heterocycles. The lowest BCUT2D eigenvalue weighted by Gasteiger charge is -2.15. The highest BCUT2D eigenvalue weighted by atomic mass is 32.1. The van der Waals surface area contributed by atoms with Gasteiger partial charge in [-0.1, -0.05) is 29.8 Å². The van der Waals surface area contributed by atoms with E-state index < -0.39 is 0 Å². The van der Waals surface area contributed by atoms with Gasteiger partial charge in [-0.25, -0.2) is 0 Å². The Morgan fingerprint density at radius 1 is 1.19 bits per heavy atom. The van der Waals surface area contributed by atoms with E-state index in [-0.39, 0.29) is 0 Å². The maximum atomic E-state index is 3.54. The van der Waals surface area contributed by atoms with Crippen LogP contribution in [-0.2, 0) is 0 Å². The minimum absolute atomic E-state index is 0.355. The Bertz CT molecular complexity index is 473. The maximum absolute atomic E-state index is 3.54. The first kappa shape index (κ1) is 11.2. The molecule has 0 amide bonds. The highest BCUT2D eigenvalue weighted by Gasteiger charge is 2.07. The zero-order valence-electron chi connectivity index (χ0n) is 9.95. The zero-order valence-corrected chi connectivity index (χ0v) is 10.8. The highest BCUT2D eigenvalue weighted by molar-refractivity contribution is 7.08. The number of thiophene rings is 1. The molecular formula is C14H17NS. The topological polar surface area (TPSA) is 12.0 Å². The molecule has 1 aromatic carbocycles. The van der Waals surface area contributed by atoms with Crippen LogP contribution in [0, 0.1) is 13.8 Å². The van der Waals surface area contributed by atoms with Gasteiger partial charge in [0.15, 0.2) is 0 Å². The molecule has 0 saturated heterocycles. The van der Waals surface area contributed by atoms with Gasteiger partial charge in [-0.3, -0.25) is 0 Å². The van der Waals surface area contributed by atoms with E-state index >= 15 is 0 Å². The molecule has 0 fully saturated rings. The van der Waals surface area contributed by atoms with Crippen LogP contribution < -0.4 is 5.32 Å². The quantitative estimate of drug-likeness (QED) is 0.818. The first-order valence-electron chi connectivity index (χ1n) is 5.52. The largest absolute Gasteiger partial charge is 0.378 e. The molecule has 1 N–H and O–H groups in total. The van der Waals surface area contributed by atoms with Crippen molar-refractivity contribution in [2.45, 2.75) is 26.8 Å². The Kier molecular flexibility index (Phi) is 3.30. The van der Waals surface area contributed by atoms with E-state index in [1.807, 2.05) is 0 Å². The van der Waals surface area contributed by atoms with E-state index in [4.69, 9.17) is 0 Å². The minimum atomic E-state index is 0.355. The van der Waals surface area contributed by atoms with Crippen LogP contribution in [0.2, 0.25) is 0 Å². The molecule has 0 spiro atoms. The third kappa shape index (κ3) is 2.45. The van der Waals surface area contributed by atoms with E-state index in [1.54, 1.807) is 11.3 Å². The first-order valence-corrected chi connectivity index (χ1v) is 6.47. The second kappa shape index (κ2) is 4.71. The van der Waals surface area contributed by atoms with E-state index in [1.165, 1.54) is 22.4 Å². The summed E-state index contributed by atoms with van der Waals surface area (Å²) < 4.78 is 0. The SMILES string of the molecule is Cc1cccc(C(C)Nc2cscc2C)c1. The molecule has 1 aromatic heterocycles. The normalized spacial score (nSPS) is 12.4. The van der Waals surface area contributed by atoms with E-state index in [0.29, 0.717) is 6.04 Å². The second-order valence-corrected chi connectivity index (χ2v) is 4.99. The molecule has 0 bridgehead atoms. The summed E-state index contributed by atoms with van der Waals surface area (Å²) in [6, 6.07) is 9.01. The van der Waals surface area contributed by atoms with E-state index in [2.05, 4.69) is 61.1 Å². The van der Waals surface area contributed by atoms with Crippen molar-refractivity contribution in [1.82, 2.24) is 0 Å². The molecule has 0 radical (unpaired) electrons. The van der Waals surface area contributed by atoms with Crippen molar-refractivity contribution in [2.75, 3.05) is 5.32 Å². The summed E-state index contributed by atoms with van der Waals surface area (Å²) >= 11 is 1.74. The van der Waals surface area contributed by atoms with Crippen molar-refractivity contribution >= 4 is 17.0 Å². The average Bonchev–Trinajstić information content (AvgIpc) is 2.64. The number of anilines is 1. The molecule has 16 heavy (non-hydrogen) atoms. The number of benzene rings is 1. The molecule has 0 aliphatic heterocycles. The number of hydrogen-bond acceptors (Lipinski definition) is 2. The summed E-state index contributed by atoms with van der Waals surface area (Å²) in [6.45, 7) is 6.47. The van der Waals surface area contributed by atoms with Crippen LogP contribution in [0.25, 0.3) is 0 Å². The zero-order chi connectivity index (χ0) is 11.5.